The summed E-state index contributed by atoms with van der Waals surface area (Å²) in [5.41, 5.74) is 1.23. The molecule has 11 heteroatoms. The zero-order valence-corrected chi connectivity index (χ0v) is 22.8. The molecule has 194 valence electrons. The molecule has 2 heterocycles. The van der Waals surface area contributed by atoms with E-state index in [2.05, 4.69) is 20.9 Å². The van der Waals surface area contributed by atoms with Gasteiger partial charge in [0.15, 0.2) is 16.6 Å². The maximum atomic E-state index is 13.5. The molecule has 0 saturated carbocycles. The first-order valence-electron chi connectivity index (χ1n) is 11.2. The van der Waals surface area contributed by atoms with Gasteiger partial charge in [-0.25, -0.2) is 4.98 Å². The highest BCUT2D eigenvalue weighted by Gasteiger charge is 2.48. The summed E-state index contributed by atoms with van der Waals surface area (Å²) in [6, 6.07) is 13.8. The van der Waals surface area contributed by atoms with Gasteiger partial charge in [0, 0.05) is 5.56 Å². The summed E-state index contributed by atoms with van der Waals surface area (Å²) in [4.78, 5) is 32.8. The lowest BCUT2D eigenvalue weighted by molar-refractivity contribution is -0.132. The maximum absolute atomic E-state index is 13.5. The van der Waals surface area contributed by atoms with Gasteiger partial charge in [0.1, 0.15) is 17.3 Å². The molecular formula is C27H21BrN2O7S. The van der Waals surface area contributed by atoms with Crippen LogP contribution >= 0.6 is 27.3 Å². The van der Waals surface area contributed by atoms with Crippen LogP contribution < -0.4 is 19.1 Å². The van der Waals surface area contributed by atoms with Crippen molar-refractivity contribution in [1.82, 2.24) is 4.98 Å². The molecule has 1 amide bonds. The number of carbonyl (C=O) groups is 2. The Morgan fingerprint density at radius 3 is 2.32 bits per heavy atom. The van der Waals surface area contributed by atoms with Crippen molar-refractivity contribution in [1.29, 1.82) is 0 Å². The van der Waals surface area contributed by atoms with Gasteiger partial charge in [-0.15, -0.1) is 0 Å². The topological polar surface area (TPSA) is 118 Å². The van der Waals surface area contributed by atoms with Gasteiger partial charge in [-0.3, -0.25) is 14.5 Å². The van der Waals surface area contributed by atoms with Crippen LogP contribution in [0.25, 0.3) is 16.0 Å². The highest BCUT2D eigenvalue weighted by Crippen LogP contribution is 2.47. The van der Waals surface area contributed by atoms with Gasteiger partial charge < -0.3 is 24.4 Å². The van der Waals surface area contributed by atoms with Crippen LogP contribution in [0.2, 0.25) is 0 Å². The van der Waals surface area contributed by atoms with Crippen LogP contribution in [0, 0.1) is 0 Å². The molecular weight excluding hydrogens is 576 g/mol. The molecule has 0 spiro atoms. The Kier molecular flexibility index (Phi) is 6.72. The van der Waals surface area contributed by atoms with Crippen LogP contribution in [-0.4, -0.2) is 48.2 Å². The van der Waals surface area contributed by atoms with Crippen molar-refractivity contribution in [2.75, 3.05) is 26.2 Å². The van der Waals surface area contributed by atoms with Crippen molar-refractivity contribution < 1.29 is 34.0 Å². The van der Waals surface area contributed by atoms with E-state index in [1.807, 2.05) is 0 Å². The maximum Gasteiger partial charge on any atom is 0.301 e. The van der Waals surface area contributed by atoms with Crippen molar-refractivity contribution >= 4 is 60.1 Å². The zero-order valence-electron chi connectivity index (χ0n) is 20.4. The number of hydrogen-bond acceptors (Lipinski definition) is 9. The summed E-state index contributed by atoms with van der Waals surface area (Å²) in [5.74, 6) is -0.908. The number of aliphatic hydroxyl groups excluding tert-OH is 1. The van der Waals surface area contributed by atoms with Crippen LogP contribution in [0.4, 0.5) is 5.13 Å². The minimum Gasteiger partial charge on any atom is -0.507 e. The fourth-order valence-electron chi connectivity index (χ4n) is 4.28. The first kappa shape index (κ1) is 25.6. The van der Waals surface area contributed by atoms with Crippen molar-refractivity contribution in [3.8, 4) is 23.0 Å². The van der Waals surface area contributed by atoms with Crippen molar-refractivity contribution in [3.05, 3.63) is 75.8 Å². The quantitative estimate of drug-likeness (QED) is 0.172. The standard InChI is InChI=1S/C27H21BrN2O7S/c1-35-15-6-4-13(5-7-15)23(31)21-22(14-10-17(28)24(32)19(11-14)37-3)30(26(34)25(21)33)27-29-18-9-8-16(36-2)12-20(18)38-27/h4-12,22,31-32H,1-3H3. The predicted molar refractivity (Wildman–Crippen MR) is 146 cm³/mol. The van der Waals surface area contributed by atoms with Gasteiger partial charge in [0.25, 0.3) is 5.78 Å². The molecule has 0 radical (unpaired) electrons. The number of thiazole rings is 1. The number of ketones is 1. The second kappa shape index (κ2) is 9.99. The number of halogens is 1. The highest BCUT2D eigenvalue weighted by molar-refractivity contribution is 9.10. The van der Waals surface area contributed by atoms with E-state index in [4.69, 9.17) is 14.2 Å². The Morgan fingerprint density at radius 1 is 0.974 bits per heavy atom. The first-order chi connectivity index (χ1) is 18.3. The fourth-order valence-corrected chi connectivity index (χ4v) is 5.76. The third-order valence-corrected chi connectivity index (χ3v) is 7.81. The summed E-state index contributed by atoms with van der Waals surface area (Å²) >= 11 is 4.52. The number of benzene rings is 3. The van der Waals surface area contributed by atoms with Crippen molar-refractivity contribution in [2.45, 2.75) is 6.04 Å². The Balaban J connectivity index is 1.75. The highest BCUT2D eigenvalue weighted by atomic mass is 79.9. The average molecular weight is 597 g/mol. The summed E-state index contributed by atoms with van der Waals surface area (Å²) < 4.78 is 16.8. The SMILES string of the molecule is COc1ccc(C(O)=C2C(=O)C(=O)N(c3nc4ccc(OC)cc4s3)C2c2cc(Br)c(O)c(OC)c2)cc1. The Hall–Kier alpha value is -4.09. The number of aromatic hydroxyl groups is 1. The van der Waals surface area contributed by atoms with E-state index in [1.165, 1.54) is 36.5 Å². The number of ether oxygens (including phenoxy) is 3. The van der Waals surface area contributed by atoms with Crippen LogP contribution in [0.1, 0.15) is 17.2 Å². The van der Waals surface area contributed by atoms with E-state index < -0.39 is 17.7 Å². The molecule has 0 bridgehead atoms. The minimum absolute atomic E-state index is 0.124. The van der Waals surface area contributed by atoms with E-state index in [0.29, 0.717) is 28.1 Å². The van der Waals surface area contributed by atoms with Gasteiger partial charge in [-0.05, 0) is 76.1 Å². The molecule has 38 heavy (non-hydrogen) atoms. The van der Waals surface area contributed by atoms with E-state index >= 15 is 0 Å². The summed E-state index contributed by atoms with van der Waals surface area (Å²) in [7, 11) is 4.46. The number of rotatable bonds is 6. The van der Waals surface area contributed by atoms with Gasteiger partial charge in [-0.2, -0.15) is 0 Å². The third-order valence-electron chi connectivity index (χ3n) is 6.18. The number of hydrogen-bond donors (Lipinski definition) is 2. The fraction of sp³-hybridized carbons (Fsp3) is 0.148. The van der Waals surface area contributed by atoms with Crippen molar-refractivity contribution in [2.24, 2.45) is 0 Å². The normalized spacial score (nSPS) is 16.7. The third kappa shape index (κ3) is 4.23. The van der Waals surface area contributed by atoms with Gasteiger partial charge in [0.2, 0.25) is 0 Å². The number of aliphatic hydroxyl groups is 1. The van der Waals surface area contributed by atoms with Gasteiger partial charge in [0.05, 0.1) is 47.6 Å². The monoisotopic (exact) mass is 596 g/mol. The number of Topliss-reactive ketones (excluding diaryl/α,β-unsaturated/α-hetero) is 1. The lowest BCUT2D eigenvalue weighted by Crippen LogP contribution is -2.29. The Labute approximate surface area is 229 Å². The number of methoxy groups -OCH3 is 3. The molecule has 1 aliphatic rings. The minimum atomic E-state index is -1.06. The second-order valence-corrected chi connectivity index (χ2v) is 10.1. The number of phenols is 1. The molecule has 1 aliphatic heterocycles. The number of fused-ring (bicyclic) bond motifs is 1. The molecule has 0 aliphatic carbocycles. The number of amides is 1. The Bertz CT molecular complexity index is 1610. The van der Waals surface area contributed by atoms with Crippen LogP contribution in [-0.2, 0) is 9.59 Å². The lowest BCUT2D eigenvalue weighted by atomic mass is 9.95. The molecule has 5 rings (SSSR count). The molecule has 1 aromatic heterocycles. The molecule has 1 fully saturated rings. The van der Waals surface area contributed by atoms with Crippen LogP contribution in [0.15, 0.2) is 64.6 Å². The van der Waals surface area contributed by atoms with E-state index in [-0.39, 0.29) is 32.4 Å². The second-order valence-electron chi connectivity index (χ2n) is 8.28. The number of aromatic nitrogens is 1. The first-order valence-corrected chi connectivity index (χ1v) is 12.8. The molecule has 1 unspecified atom stereocenters. The van der Waals surface area contributed by atoms with E-state index in [0.717, 1.165) is 4.70 Å². The predicted octanol–water partition coefficient (Wildman–Crippen LogP) is 5.42. The van der Waals surface area contributed by atoms with Crippen molar-refractivity contribution in [3.63, 3.8) is 0 Å². The molecule has 2 N–H and O–H groups in total. The molecule has 1 saturated heterocycles. The van der Waals surface area contributed by atoms with Gasteiger partial charge >= 0.3 is 5.91 Å². The number of phenolic OH excluding ortho intramolecular Hbond substituents is 1. The smallest absolute Gasteiger partial charge is 0.301 e. The summed E-state index contributed by atoms with van der Waals surface area (Å²) in [6.07, 6.45) is 0. The van der Waals surface area contributed by atoms with Gasteiger partial charge in [-0.1, -0.05) is 11.3 Å². The van der Waals surface area contributed by atoms with E-state index in [1.54, 1.807) is 55.6 Å². The molecule has 4 aromatic rings. The molecule has 3 aromatic carbocycles. The lowest BCUT2D eigenvalue weighted by Gasteiger charge is -2.24. The molecule has 1 atom stereocenters. The average Bonchev–Trinajstić information content (AvgIpc) is 3.47. The number of carbonyl (C=O) groups excluding carboxylic acids is 2. The largest absolute Gasteiger partial charge is 0.507 e. The number of anilines is 1. The molecule has 9 nitrogen and oxygen atoms in total. The number of nitrogens with zero attached hydrogens (tertiary/aromatic N) is 2. The Morgan fingerprint density at radius 2 is 1.66 bits per heavy atom. The van der Waals surface area contributed by atoms with Crippen LogP contribution in [0.3, 0.4) is 0 Å². The zero-order chi connectivity index (χ0) is 27.1. The van der Waals surface area contributed by atoms with E-state index in [9.17, 15) is 19.8 Å². The summed E-state index contributed by atoms with van der Waals surface area (Å²) in [5, 5.41) is 22.0. The summed E-state index contributed by atoms with van der Waals surface area (Å²) in [6.45, 7) is 0. The van der Waals surface area contributed by atoms with Crippen LogP contribution in [0.5, 0.6) is 23.0 Å².